The van der Waals surface area contributed by atoms with Crippen molar-refractivity contribution >= 4 is 17.5 Å². The van der Waals surface area contributed by atoms with Crippen LogP contribution in [0.1, 0.15) is 13.3 Å². The minimum absolute atomic E-state index is 0.0700. The predicted molar refractivity (Wildman–Crippen MR) is 66.3 cm³/mol. The van der Waals surface area contributed by atoms with Gasteiger partial charge in [-0.15, -0.1) is 0 Å². The number of aliphatic hydroxyl groups excluding tert-OH is 1. The van der Waals surface area contributed by atoms with E-state index in [1.807, 2.05) is 6.92 Å². The molecule has 0 saturated heterocycles. The highest BCUT2D eigenvalue weighted by atomic mass is 35.5. The summed E-state index contributed by atoms with van der Waals surface area (Å²) in [5, 5.41) is 12.1. The second-order valence-corrected chi connectivity index (χ2v) is 4.04. The molecule has 0 aromatic heterocycles. The molecule has 1 atom stereocenters. The molecule has 0 saturated carbocycles. The zero-order valence-electron chi connectivity index (χ0n) is 9.65. The van der Waals surface area contributed by atoms with Crippen molar-refractivity contribution in [1.82, 2.24) is 5.32 Å². The van der Waals surface area contributed by atoms with Gasteiger partial charge < -0.3 is 15.2 Å². The Balaban J connectivity index is 2.38. The van der Waals surface area contributed by atoms with Crippen LogP contribution in [-0.4, -0.2) is 30.3 Å². The molecule has 0 aliphatic heterocycles. The summed E-state index contributed by atoms with van der Waals surface area (Å²) in [7, 11) is 0. The van der Waals surface area contributed by atoms with Crippen LogP contribution in [0.25, 0.3) is 0 Å². The van der Waals surface area contributed by atoms with Gasteiger partial charge in [-0.2, -0.15) is 0 Å². The Morgan fingerprint density at radius 2 is 2.35 bits per heavy atom. The molecule has 1 amide bonds. The van der Waals surface area contributed by atoms with Crippen LogP contribution in [0.15, 0.2) is 24.3 Å². The third-order valence-corrected chi connectivity index (χ3v) is 2.48. The van der Waals surface area contributed by atoms with Crippen LogP contribution in [0.4, 0.5) is 0 Å². The highest BCUT2D eigenvalue weighted by Gasteiger charge is 2.09. The first-order valence-electron chi connectivity index (χ1n) is 5.44. The van der Waals surface area contributed by atoms with Crippen LogP contribution >= 0.6 is 11.6 Å². The van der Waals surface area contributed by atoms with Gasteiger partial charge >= 0.3 is 0 Å². The highest BCUT2D eigenvalue weighted by Crippen LogP contribution is 2.16. The number of halogens is 1. The van der Waals surface area contributed by atoms with Crippen molar-refractivity contribution in [1.29, 1.82) is 0 Å². The van der Waals surface area contributed by atoms with Crippen LogP contribution in [0.3, 0.4) is 0 Å². The number of rotatable bonds is 6. The van der Waals surface area contributed by atoms with Crippen molar-refractivity contribution in [2.24, 2.45) is 0 Å². The molecule has 0 aliphatic rings. The lowest BCUT2D eigenvalue weighted by atomic mass is 10.2. The molecule has 0 spiro atoms. The second-order valence-electron chi connectivity index (χ2n) is 3.60. The van der Waals surface area contributed by atoms with Crippen LogP contribution in [0.2, 0.25) is 5.02 Å². The van der Waals surface area contributed by atoms with E-state index in [1.54, 1.807) is 24.3 Å². The lowest BCUT2D eigenvalue weighted by Crippen LogP contribution is -2.39. The van der Waals surface area contributed by atoms with E-state index < -0.39 is 0 Å². The van der Waals surface area contributed by atoms with Gasteiger partial charge in [-0.1, -0.05) is 24.6 Å². The lowest BCUT2D eigenvalue weighted by molar-refractivity contribution is -0.124. The number of ether oxygens (including phenoxy) is 1. The number of hydrogen-bond donors (Lipinski definition) is 2. The topological polar surface area (TPSA) is 58.6 Å². The largest absolute Gasteiger partial charge is 0.484 e. The maximum atomic E-state index is 11.4. The third-order valence-electron chi connectivity index (χ3n) is 2.24. The number of nitrogens with one attached hydrogen (secondary N) is 1. The number of hydrogen-bond acceptors (Lipinski definition) is 3. The molecular formula is C12H16ClNO3. The fraction of sp³-hybridized carbons (Fsp3) is 0.417. The first-order chi connectivity index (χ1) is 8.15. The molecule has 0 radical (unpaired) electrons. The van der Waals surface area contributed by atoms with Gasteiger partial charge in [0.15, 0.2) is 6.61 Å². The molecule has 1 unspecified atom stereocenters. The summed E-state index contributed by atoms with van der Waals surface area (Å²) in [4.78, 5) is 11.4. The Labute approximate surface area is 106 Å². The molecule has 0 aliphatic carbocycles. The summed E-state index contributed by atoms with van der Waals surface area (Å²) in [5.74, 6) is 0.288. The van der Waals surface area contributed by atoms with Crippen LogP contribution < -0.4 is 10.1 Å². The average molecular weight is 258 g/mol. The van der Waals surface area contributed by atoms with E-state index in [-0.39, 0.29) is 25.2 Å². The van der Waals surface area contributed by atoms with Crippen LogP contribution in [0, 0.1) is 0 Å². The van der Waals surface area contributed by atoms with Crippen LogP contribution in [-0.2, 0) is 4.79 Å². The first kappa shape index (κ1) is 13.8. The zero-order valence-corrected chi connectivity index (χ0v) is 10.4. The van der Waals surface area contributed by atoms with Gasteiger partial charge in [0, 0.05) is 5.02 Å². The van der Waals surface area contributed by atoms with E-state index in [0.717, 1.165) is 0 Å². The molecule has 94 valence electrons. The van der Waals surface area contributed by atoms with Crippen molar-refractivity contribution < 1.29 is 14.6 Å². The van der Waals surface area contributed by atoms with E-state index in [2.05, 4.69) is 5.32 Å². The van der Waals surface area contributed by atoms with Crippen molar-refractivity contribution in [2.45, 2.75) is 19.4 Å². The smallest absolute Gasteiger partial charge is 0.258 e. The molecule has 1 aromatic carbocycles. The van der Waals surface area contributed by atoms with Gasteiger partial charge in [0.2, 0.25) is 0 Å². The molecule has 4 nitrogen and oxygen atoms in total. The van der Waals surface area contributed by atoms with Crippen molar-refractivity contribution in [3.05, 3.63) is 29.3 Å². The van der Waals surface area contributed by atoms with E-state index >= 15 is 0 Å². The maximum Gasteiger partial charge on any atom is 0.258 e. The van der Waals surface area contributed by atoms with Crippen molar-refractivity contribution in [2.75, 3.05) is 13.2 Å². The van der Waals surface area contributed by atoms with Gasteiger partial charge in [0.1, 0.15) is 5.75 Å². The number of amides is 1. The summed E-state index contributed by atoms with van der Waals surface area (Å²) in [5.41, 5.74) is 0. The van der Waals surface area contributed by atoms with Gasteiger partial charge in [0.25, 0.3) is 5.91 Å². The Morgan fingerprint density at radius 1 is 1.59 bits per heavy atom. The summed E-state index contributed by atoms with van der Waals surface area (Å²) in [6.45, 7) is 1.73. The Morgan fingerprint density at radius 3 is 2.94 bits per heavy atom. The first-order valence-corrected chi connectivity index (χ1v) is 5.82. The average Bonchev–Trinajstić information content (AvgIpc) is 2.33. The normalized spacial score (nSPS) is 11.9. The Hall–Kier alpha value is -1.26. The molecular weight excluding hydrogens is 242 g/mol. The van der Waals surface area contributed by atoms with Crippen LogP contribution in [0.5, 0.6) is 5.75 Å². The quantitative estimate of drug-likeness (QED) is 0.814. The summed E-state index contributed by atoms with van der Waals surface area (Å²) in [6, 6.07) is 6.62. The van der Waals surface area contributed by atoms with Gasteiger partial charge in [-0.3, -0.25) is 4.79 Å². The standard InChI is InChI=1S/C12H16ClNO3/c1-2-10(7-15)14-12(16)8-17-11-5-3-4-9(13)6-11/h3-6,10,15H,2,7-8H2,1H3,(H,14,16). The van der Waals surface area contributed by atoms with E-state index in [0.29, 0.717) is 17.2 Å². The Bertz CT molecular complexity index is 367. The summed E-state index contributed by atoms with van der Waals surface area (Å²) < 4.78 is 5.26. The van der Waals surface area contributed by atoms with Gasteiger partial charge in [-0.25, -0.2) is 0 Å². The lowest BCUT2D eigenvalue weighted by Gasteiger charge is -2.14. The number of benzene rings is 1. The summed E-state index contributed by atoms with van der Waals surface area (Å²) in [6.07, 6.45) is 0.680. The number of aliphatic hydroxyl groups is 1. The SMILES string of the molecule is CCC(CO)NC(=O)COc1cccc(Cl)c1. The predicted octanol–water partition coefficient (Wildman–Crippen LogP) is 1.61. The second kappa shape index (κ2) is 7.14. The Kier molecular flexibility index (Phi) is 5.80. The minimum Gasteiger partial charge on any atom is -0.484 e. The molecule has 2 N–H and O–H groups in total. The number of carbonyl (C=O) groups excluding carboxylic acids is 1. The maximum absolute atomic E-state index is 11.4. The number of carbonyl (C=O) groups is 1. The zero-order chi connectivity index (χ0) is 12.7. The fourth-order valence-corrected chi connectivity index (χ4v) is 1.43. The van der Waals surface area contributed by atoms with Gasteiger partial charge in [-0.05, 0) is 24.6 Å². The van der Waals surface area contributed by atoms with Gasteiger partial charge in [0.05, 0.1) is 12.6 Å². The molecule has 0 heterocycles. The van der Waals surface area contributed by atoms with E-state index in [4.69, 9.17) is 21.4 Å². The molecule has 1 aromatic rings. The van der Waals surface area contributed by atoms with Crippen molar-refractivity contribution in [3.8, 4) is 5.75 Å². The molecule has 0 fully saturated rings. The molecule has 1 rings (SSSR count). The van der Waals surface area contributed by atoms with Crippen molar-refractivity contribution in [3.63, 3.8) is 0 Å². The molecule has 17 heavy (non-hydrogen) atoms. The molecule has 5 heteroatoms. The van der Waals surface area contributed by atoms with E-state index in [9.17, 15) is 4.79 Å². The van der Waals surface area contributed by atoms with E-state index in [1.165, 1.54) is 0 Å². The third kappa shape index (κ3) is 5.06. The summed E-state index contributed by atoms with van der Waals surface area (Å²) >= 11 is 5.78. The minimum atomic E-state index is -0.258. The monoisotopic (exact) mass is 257 g/mol. The molecule has 0 bridgehead atoms. The fourth-order valence-electron chi connectivity index (χ4n) is 1.25. The highest BCUT2D eigenvalue weighted by molar-refractivity contribution is 6.30.